The summed E-state index contributed by atoms with van der Waals surface area (Å²) in [5.41, 5.74) is 1.55. The quantitative estimate of drug-likeness (QED) is 0.372. The van der Waals surface area contributed by atoms with Crippen molar-refractivity contribution in [2.75, 3.05) is 7.11 Å². The minimum absolute atomic E-state index is 0.127. The van der Waals surface area contributed by atoms with Crippen LogP contribution in [0.15, 0.2) is 59.3 Å². The zero-order valence-electron chi connectivity index (χ0n) is 23.5. The summed E-state index contributed by atoms with van der Waals surface area (Å²) >= 11 is 0. The lowest BCUT2D eigenvalue weighted by molar-refractivity contribution is -0.146. The summed E-state index contributed by atoms with van der Waals surface area (Å²) in [4.78, 5) is 25.9. The highest BCUT2D eigenvalue weighted by Crippen LogP contribution is 2.32. The van der Waals surface area contributed by atoms with E-state index in [4.69, 9.17) is 14.2 Å². The van der Waals surface area contributed by atoms with Crippen LogP contribution in [0, 0.1) is 11.8 Å². The summed E-state index contributed by atoms with van der Waals surface area (Å²) in [6.45, 7) is 10.2. The van der Waals surface area contributed by atoms with Gasteiger partial charge >= 0.3 is 5.97 Å². The Labute approximate surface area is 226 Å². The van der Waals surface area contributed by atoms with E-state index in [1.165, 1.54) is 13.0 Å². The van der Waals surface area contributed by atoms with Crippen molar-refractivity contribution >= 4 is 11.8 Å². The van der Waals surface area contributed by atoms with Crippen molar-refractivity contribution < 1.29 is 39.1 Å². The molecular formula is C30H44O8. The maximum absolute atomic E-state index is 13.0. The average molecular weight is 533 g/mol. The van der Waals surface area contributed by atoms with E-state index >= 15 is 0 Å². The number of allylic oxidation sites excluding steroid dienone is 4. The highest BCUT2D eigenvalue weighted by Gasteiger charge is 2.40. The van der Waals surface area contributed by atoms with Crippen molar-refractivity contribution in [2.45, 2.75) is 97.1 Å². The minimum Gasteiger partial charge on any atom is -0.454 e. The molecule has 0 aliphatic carbocycles. The maximum Gasteiger partial charge on any atom is 0.334 e. The van der Waals surface area contributed by atoms with Crippen LogP contribution >= 0.6 is 0 Å². The number of ketones is 1. The Bertz CT molecular complexity index is 973. The number of aliphatic hydroxyl groups excluding tert-OH is 3. The number of cyclic esters (lactones) is 1. The number of Topliss-reactive ketones (excluding diaryl/α,β-unsaturated/α-hetero) is 1. The van der Waals surface area contributed by atoms with Crippen LogP contribution in [0.25, 0.3) is 0 Å². The number of hydrogen-bond acceptors (Lipinski definition) is 8. The van der Waals surface area contributed by atoms with Crippen molar-refractivity contribution in [3.8, 4) is 0 Å². The number of hydrogen-bond donors (Lipinski definition) is 3. The normalized spacial score (nSPS) is 33.9. The lowest BCUT2D eigenvalue weighted by Gasteiger charge is -2.27. The monoisotopic (exact) mass is 532 g/mol. The third-order valence-corrected chi connectivity index (χ3v) is 7.22. The Hall–Kier alpha value is -2.36. The molecule has 1 fully saturated rings. The second-order valence-corrected chi connectivity index (χ2v) is 10.4. The Morgan fingerprint density at radius 1 is 1.11 bits per heavy atom. The second kappa shape index (κ2) is 14.7. The van der Waals surface area contributed by atoms with Crippen molar-refractivity contribution in [2.24, 2.45) is 11.8 Å². The molecule has 0 saturated carbocycles. The van der Waals surface area contributed by atoms with Gasteiger partial charge in [0.2, 0.25) is 0 Å². The lowest BCUT2D eigenvalue weighted by Crippen LogP contribution is -2.33. The van der Waals surface area contributed by atoms with Gasteiger partial charge in [-0.25, -0.2) is 4.79 Å². The molecule has 2 aliphatic heterocycles. The first kappa shape index (κ1) is 31.9. The highest BCUT2D eigenvalue weighted by molar-refractivity contribution is 5.99. The fourth-order valence-electron chi connectivity index (χ4n) is 4.49. The number of rotatable bonds is 4. The summed E-state index contributed by atoms with van der Waals surface area (Å²) in [7, 11) is 1.61. The van der Waals surface area contributed by atoms with Crippen molar-refractivity contribution in [1.29, 1.82) is 0 Å². The summed E-state index contributed by atoms with van der Waals surface area (Å²) in [5, 5.41) is 30.5. The zero-order chi connectivity index (χ0) is 28.6. The Morgan fingerprint density at radius 2 is 1.79 bits per heavy atom. The van der Waals surface area contributed by atoms with E-state index in [1.807, 2.05) is 26.0 Å². The fraction of sp³-hybridized carbons (Fsp3) is 0.600. The molecule has 0 aromatic carbocycles. The van der Waals surface area contributed by atoms with Gasteiger partial charge in [0, 0.05) is 30.9 Å². The van der Waals surface area contributed by atoms with Gasteiger partial charge in [-0.1, -0.05) is 50.3 Å². The van der Waals surface area contributed by atoms with Crippen LogP contribution < -0.4 is 0 Å². The van der Waals surface area contributed by atoms with Crippen LogP contribution in [0.2, 0.25) is 0 Å². The third-order valence-electron chi connectivity index (χ3n) is 7.22. The summed E-state index contributed by atoms with van der Waals surface area (Å²) in [6, 6.07) is 0. The molecule has 2 bridgehead atoms. The van der Waals surface area contributed by atoms with Crippen LogP contribution in [0.5, 0.6) is 0 Å². The number of carbonyl (C=O) groups excluding carboxylic acids is 2. The number of methoxy groups -OCH3 is 1. The van der Waals surface area contributed by atoms with E-state index in [1.54, 1.807) is 52.2 Å². The molecule has 0 aromatic heterocycles. The molecule has 0 aromatic rings. The number of esters is 1. The predicted molar refractivity (Wildman–Crippen MR) is 145 cm³/mol. The van der Waals surface area contributed by atoms with Crippen LogP contribution in [0.3, 0.4) is 0 Å². The Kier molecular flexibility index (Phi) is 12.3. The van der Waals surface area contributed by atoms with Crippen LogP contribution in [0.4, 0.5) is 0 Å². The third kappa shape index (κ3) is 8.85. The lowest BCUT2D eigenvalue weighted by atomic mass is 9.93. The molecule has 9 atom stereocenters. The number of aliphatic hydroxyl groups is 3. The van der Waals surface area contributed by atoms with Crippen LogP contribution in [0.1, 0.15) is 54.4 Å². The Morgan fingerprint density at radius 3 is 2.42 bits per heavy atom. The van der Waals surface area contributed by atoms with E-state index in [0.29, 0.717) is 18.4 Å². The molecule has 8 heteroatoms. The van der Waals surface area contributed by atoms with E-state index < -0.39 is 42.4 Å². The highest BCUT2D eigenvalue weighted by atomic mass is 16.6. The molecule has 2 aliphatic rings. The Balaban J connectivity index is 2.48. The van der Waals surface area contributed by atoms with Crippen molar-refractivity contribution in [3.63, 3.8) is 0 Å². The smallest absolute Gasteiger partial charge is 0.334 e. The predicted octanol–water partition coefficient (Wildman–Crippen LogP) is 3.37. The second-order valence-electron chi connectivity index (χ2n) is 10.4. The molecule has 0 radical (unpaired) electrons. The molecular weight excluding hydrogens is 488 g/mol. The van der Waals surface area contributed by atoms with Gasteiger partial charge in [0.25, 0.3) is 0 Å². The van der Waals surface area contributed by atoms with Gasteiger partial charge < -0.3 is 29.5 Å². The molecule has 0 spiro atoms. The first-order chi connectivity index (χ1) is 17.8. The SMILES string of the molecule is COC1CC2OC1C=C(C)C(O)CC=CC=C(C)C(=O)C(C)C=C(C)C(=O)OC(C=CC(O)C(C)O)C2C. The van der Waals surface area contributed by atoms with Gasteiger partial charge in [-0.2, -0.15) is 0 Å². The van der Waals surface area contributed by atoms with Gasteiger partial charge in [0.15, 0.2) is 5.78 Å². The van der Waals surface area contributed by atoms with Gasteiger partial charge in [-0.15, -0.1) is 0 Å². The van der Waals surface area contributed by atoms with E-state index in [9.17, 15) is 24.9 Å². The summed E-state index contributed by atoms with van der Waals surface area (Å²) < 4.78 is 17.8. The first-order valence-electron chi connectivity index (χ1n) is 13.2. The molecule has 9 unspecified atom stereocenters. The van der Waals surface area contributed by atoms with E-state index in [2.05, 4.69) is 0 Å². The first-order valence-corrected chi connectivity index (χ1v) is 13.2. The van der Waals surface area contributed by atoms with Gasteiger partial charge in [0.05, 0.1) is 30.5 Å². The molecule has 1 saturated heterocycles. The maximum atomic E-state index is 13.0. The fourth-order valence-corrected chi connectivity index (χ4v) is 4.49. The molecule has 3 N–H and O–H groups in total. The average Bonchev–Trinajstić information content (AvgIpc) is 3.29. The summed E-state index contributed by atoms with van der Waals surface area (Å²) in [6.07, 6.45) is 7.92. The van der Waals surface area contributed by atoms with Gasteiger partial charge in [-0.3, -0.25) is 4.79 Å². The molecule has 38 heavy (non-hydrogen) atoms. The molecule has 0 amide bonds. The molecule has 2 rings (SSSR count). The van der Waals surface area contributed by atoms with Crippen molar-refractivity contribution in [3.05, 3.63) is 59.3 Å². The number of ether oxygens (including phenoxy) is 3. The molecule has 8 nitrogen and oxygen atoms in total. The molecule has 212 valence electrons. The topological polar surface area (TPSA) is 123 Å². The van der Waals surface area contributed by atoms with Crippen LogP contribution in [-0.4, -0.2) is 76.9 Å². The zero-order valence-corrected chi connectivity index (χ0v) is 23.5. The number of fused-ring (bicyclic) bond motifs is 2. The van der Waals surface area contributed by atoms with E-state index in [0.717, 1.165) is 5.57 Å². The molecule has 2 heterocycles. The minimum atomic E-state index is -1.13. The van der Waals surface area contributed by atoms with E-state index in [-0.39, 0.29) is 29.5 Å². The largest absolute Gasteiger partial charge is 0.454 e. The van der Waals surface area contributed by atoms with Gasteiger partial charge in [0.1, 0.15) is 12.2 Å². The van der Waals surface area contributed by atoms with Crippen molar-refractivity contribution in [1.82, 2.24) is 0 Å². The number of carbonyl (C=O) groups is 2. The van der Waals surface area contributed by atoms with Crippen LogP contribution in [-0.2, 0) is 23.8 Å². The summed E-state index contributed by atoms with van der Waals surface area (Å²) in [5.74, 6) is -1.60. The standard InChI is InChI=1S/C30H44O8/c1-17-10-8-9-11-23(32)18(2)15-28-27(36-7)16-26(37-28)21(5)25(13-12-24(33)22(6)31)38-30(35)20(4)14-19(3)29(17)34/h8-10,12-15,19,21-28,31-33H,11,16H2,1-7H3. The van der Waals surface area contributed by atoms with Gasteiger partial charge in [-0.05, 0) is 51.3 Å².